The molecule has 2 atom stereocenters. The van der Waals surface area contributed by atoms with Crippen molar-refractivity contribution in [1.29, 1.82) is 5.26 Å². The maximum Gasteiger partial charge on any atom is 0.243 e. The van der Waals surface area contributed by atoms with E-state index in [9.17, 15) is 8.42 Å². The Morgan fingerprint density at radius 2 is 2.21 bits per heavy atom. The average Bonchev–Trinajstić information content (AvgIpc) is 2.38. The predicted molar refractivity (Wildman–Crippen MR) is 71.7 cm³/mol. The Balaban J connectivity index is 2.34. The van der Waals surface area contributed by atoms with Crippen LogP contribution in [0.2, 0.25) is 0 Å². The Labute approximate surface area is 113 Å². The van der Waals surface area contributed by atoms with Gasteiger partial charge in [0.1, 0.15) is 0 Å². The Bertz CT molecular complexity index is 607. The molecule has 0 amide bonds. The highest BCUT2D eigenvalue weighted by Crippen LogP contribution is 2.25. The second-order valence-electron chi connectivity index (χ2n) is 4.89. The van der Waals surface area contributed by atoms with Crippen LogP contribution in [0.1, 0.15) is 25.3 Å². The minimum atomic E-state index is -3.54. The van der Waals surface area contributed by atoms with E-state index in [2.05, 4.69) is 0 Å². The Morgan fingerprint density at radius 3 is 2.84 bits per heavy atom. The zero-order valence-corrected chi connectivity index (χ0v) is 11.6. The number of nitriles is 1. The van der Waals surface area contributed by atoms with E-state index in [0.717, 1.165) is 0 Å². The van der Waals surface area contributed by atoms with Gasteiger partial charge in [-0.2, -0.15) is 9.57 Å². The lowest BCUT2D eigenvalue weighted by atomic mass is 10.0. The van der Waals surface area contributed by atoms with E-state index in [4.69, 9.17) is 11.0 Å². The number of nitrogens with two attached hydrogens (primary N) is 1. The molecule has 0 aliphatic carbocycles. The van der Waals surface area contributed by atoms with Crippen molar-refractivity contribution < 1.29 is 8.42 Å². The average molecular weight is 279 g/mol. The fourth-order valence-electron chi connectivity index (χ4n) is 2.41. The summed E-state index contributed by atoms with van der Waals surface area (Å²) < 4.78 is 26.6. The number of hydrogen-bond acceptors (Lipinski definition) is 4. The maximum atomic E-state index is 12.5. The van der Waals surface area contributed by atoms with Crippen molar-refractivity contribution in [3.05, 3.63) is 29.8 Å². The summed E-state index contributed by atoms with van der Waals surface area (Å²) in [5.41, 5.74) is 6.20. The molecular weight excluding hydrogens is 262 g/mol. The van der Waals surface area contributed by atoms with E-state index >= 15 is 0 Å². The molecule has 0 saturated carbocycles. The number of piperidine rings is 1. The van der Waals surface area contributed by atoms with Crippen LogP contribution in [0, 0.1) is 11.3 Å². The van der Waals surface area contributed by atoms with E-state index in [1.54, 1.807) is 12.1 Å². The molecule has 2 rings (SSSR count). The van der Waals surface area contributed by atoms with Gasteiger partial charge in [0.15, 0.2) is 0 Å². The van der Waals surface area contributed by atoms with Crippen LogP contribution in [0.25, 0.3) is 0 Å². The van der Waals surface area contributed by atoms with Crippen LogP contribution >= 0.6 is 0 Å². The van der Waals surface area contributed by atoms with Crippen LogP contribution < -0.4 is 5.73 Å². The Hall–Kier alpha value is -1.42. The molecule has 0 radical (unpaired) electrons. The standard InChI is InChI=1S/C13H17N3O2S/c1-10-7-12(15)5-6-16(10)19(17,18)13-4-2-3-11(8-13)9-14/h2-4,8,10,12H,5-7,15H2,1H3. The van der Waals surface area contributed by atoms with Gasteiger partial charge < -0.3 is 5.73 Å². The molecule has 2 N–H and O–H groups in total. The first-order valence-corrected chi connectivity index (χ1v) is 7.66. The van der Waals surface area contributed by atoms with Gasteiger partial charge in [-0.05, 0) is 38.0 Å². The monoisotopic (exact) mass is 279 g/mol. The van der Waals surface area contributed by atoms with Crippen LogP contribution in [-0.4, -0.2) is 31.4 Å². The largest absolute Gasteiger partial charge is 0.328 e. The molecule has 0 spiro atoms. The molecule has 1 aromatic rings. The van der Waals surface area contributed by atoms with Gasteiger partial charge in [-0.25, -0.2) is 8.42 Å². The van der Waals surface area contributed by atoms with Crippen molar-refractivity contribution in [2.75, 3.05) is 6.54 Å². The number of nitrogens with zero attached hydrogens (tertiary/aromatic N) is 2. The fourth-order valence-corrected chi connectivity index (χ4v) is 4.11. The summed E-state index contributed by atoms with van der Waals surface area (Å²) in [5, 5.41) is 8.85. The smallest absolute Gasteiger partial charge is 0.243 e. The summed E-state index contributed by atoms with van der Waals surface area (Å²) in [5.74, 6) is 0. The molecule has 1 saturated heterocycles. The normalized spacial score (nSPS) is 24.9. The summed E-state index contributed by atoms with van der Waals surface area (Å²) >= 11 is 0. The molecule has 1 aliphatic heterocycles. The van der Waals surface area contributed by atoms with E-state index in [0.29, 0.717) is 24.9 Å². The predicted octanol–water partition coefficient (Wildman–Crippen LogP) is 1.06. The van der Waals surface area contributed by atoms with Gasteiger partial charge in [0.2, 0.25) is 10.0 Å². The second-order valence-corrected chi connectivity index (χ2v) is 6.78. The molecule has 6 heteroatoms. The molecule has 102 valence electrons. The van der Waals surface area contributed by atoms with Crippen molar-refractivity contribution in [3.63, 3.8) is 0 Å². The van der Waals surface area contributed by atoms with Gasteiger partial charge in [0.25, 0.3) is 0 Å². The third-order valence-electron chi connectivity index (χ3n) is 3.43. The van der Waals surface area contributed by atoms with Crippen molar-refractivity contribution in [2.24, 2.45) is 5.73 Å². The highest BCUT2D eigenvalue weighted by Gasteiger charge is 2.33. The highest BCUT2D eigenvalue weighted by atomic mass is 32.2. The van der Waals surface area contributed by atoms with Crippen LogP contribution in [0.3, 0.4) is 0 Å². The van der Waals surface area contributed by atoms with Crippen molar-refractivity contribution in [3.8, 4) is 6.07 Å². The van der Waals surface area contributed by atoms with Gasteiger partial charge in [-0.3, -0.25) is 0 Å². The maximum absolute atomic E-state index is 12.5. The SMILES string of the molecule is CC1CC(N)CCN1S(=O)(=O)c1cccc(C#N)c1. The lowest BCUT2D eigenvalue weighted by Gasteiger charge is -2.35. The number of benzene rings is 1. The minimum absolute atomic E-state index is 0.0619. The van der Waals surface area contributed by atoms with E-state index in [1.165, 1.54) is 16.4 Å². The number of rotatable bonds is 2. The molecular formula is C13H17N3O2S. The molecule has 1 fully saturated rings. The third-order valence-corrected chi connectivity index (χ3v) is 5.44. The first-order valence-electron chi connectivity index (χ1n) is 6.22. The molecule has 1 aliphatic rings. The quantitative estimate of drug-likeness (QED) is 0.876. The zero-order chi connectivity index (χ0) is 14.0. The summed E-state index contributed by atoms with van der Waals surface area (Å²) in [6.07, 6.45) is 1.33. The van der Waals surface area contributed by atoms with Crippen molar-refractivity contribution in [1.82, 2.24) is 4.31 Å². The van der Waals surface area contributed by atoms with Gasteiger partial charge in [0, 0.05) is 18.6 Å². The van der Waals surface area contributed by atoms with E-state index in [1.807, 2.05) is 13.0 Å². The van der Waals surface area contributed by atoms with Crippen LogP contribution in [0.4, 0.5) is 0 Å². The zero-order valence-electron chi connectivity index (χ0n) is 10.8. The fraction of sp³-hybridized carbons (Fsp3) is 0.462. The second kappa shape index (κ2) is 5.29. The molecule has 1 aromatic carbocycles. The molecule has 1 heterocycles. The van der Waals surface area contributed by atoms with Gasteiger partial charge in [-0.1, -0.05) is 6.07 Å². The first kappa shape index (κ1) is 14.0. The summed E-state index contributed by atoms with van der Waals surface area (Å²) in [7, 11) is -3.54. The topological polar surface area (TPSA) is 87.2 Å². The summed E-state index contributed by atoms with van der Waals surface area (Å²) in [4.78, 5) is 0.175. The molecule has 0 aromatic heterocycles. The Kier molecular flexibility index (Phi) is 3.90. The summed E-state index contributed by atoms with van der Waals surface area (Å²) in [6.45, 7) is 2.30. The van der Waals surface area contributed by atoms with Crippen LogP contribution in [0.5, 0.6) is 0 Å². The van der Waals surface area contributed by atoms with Gasteiger partial charge in [-0.15, -0.1) is 0 Å². The molecule has 2 unspecified atom stereocenters. The number of sulfonamides is 1. The molecule has 5 nitrogen and oxygen atoms in total. The van der Waals surface area contributed by atoms with Crippen LogP contribution in [0.15, 0.2) is 29.2 Å². The summed E-state index contributed by atoms with van der Waals surface area (Å²) in [6, 6.07) is 8.03. The molecule has 0 bridgehead atoms. The van der Waals surface area contributed by atoms with Crippen molar-refractivity contribution >= 4 is 10.0 Å². The molecule has 19 heavy (non-hydrogen) atoms. The first-order chi connectivity index (χ1) is 8.95. The lowest BCUT2D eigenvalue weighted by molar-refractivity contribution is 0.247. The van der Waals surface area contributed by atoms with Gasteiger partial charge >= 0.3 is 0 Å². The van der Waals surface area contributed by atoms with E-state index < -0.39 is 10.0 Å². The number of hydrogen-bond donors (Lipinski definition) is 1. The lowest BCUT2D eigenvalue weighted by Crippen LogP contribution is -2.48. The van der Waals surface area contributed by atoms with Gasteiger partial charge in [0.05, 0.1) is 16.5 Å². The minimum Gasteiger partial charge on any atom is -0.328 e. The third kappa shape index (κ3) is 2.78. The Morgan fingerprint density at radius 1 is 1.47 bits per heavy atom. The van der Waals surface area contributed by atoms with Crippen LogP contribution in [-0.2, 0) is 10.0 Å². The van der Waals surface area contributed by atoms with Crippen molar-refractivity contribution in [2.45, 2.75) is 36.7 Å². The van der Waals surface area contributed by atoms with E-state index in [-0.39, 0.29) is 17.0 Å². The highest BCUT2D eigenvalue weighted by molar-refractivity contribution is 7.89.